The summed E-state index contributed by atoms with van der Waals surface area (Å²) in [5.41, 5.74) is 0. The van der Waals surface area contributed by atoms with Crippen molar-refractivity contribution in [3.05, 3.63) is 9.81 Å². The predicted molar refractivity (Wildman–Crippen MR) is 49.9 cm³/mol. The highest BCUT2D eigenvalue weighted by Gasteiger charge is 2.35. The van der Waals surface area contributed by atoms with Crippen LogP contribution in [-0.2, 0) is 0 Å². The number of aliphatic hydroxyl groups excluding tert-OH is 4. The second-order valence-electron chi connectivity index (χ2n) is 3.20. The van der Waals surface area contributed by atoms with E-state index in [1.165, 1.54) is 6.92 Å². The van der Waals surface area contributed by atoms with Crippen molar-refractivity contribution in [1.82, 2.24) is 0 Å². The molecule has 0 spiro atoms. The zero-order chi connectivity index (χ0) is 12.0. The van der Waals surface area contributed by atoms with Crippen molar-refractivity contribution in [2.24, 2.45) is 10.4 Å². The maximum absolute atomic E-state index is 10.3. The third-order valence-corrected chi connectivity index (χ3v) is 1.97. The largest absolute Gasteiger partial charge is 0.391 e. The number of hydrogen-bond acceptors (Lipinski definition) is 8. The van der Waals surface area contributed by atoms with Crippen molar-refractivity contribution in [1.29, 1.82) is 0 Å². The van der Waals surface area contributed by atoms with E-state index in [9.17, 15) is 20.0 Å². The van der Waals surface area contributed by atoms with E-state index in [0.717, 1.165) is 0 Å². The molecule has 8 nitrogen and oxygen atoms in total. The molecule has 4 N–H and O–H groups in total. The van der Waals surface area contributed by atoms with Gasteiger partial charge in [-0.15, -0.1) is 0 Å². The van der Waals surface area contributed by atoms with Gasteiger partial charge >= 0.3 is 0 Å². The van der Waals surface area contributed by atoms with Gasteiger partial charge in [-0.2, -0.15) is 9.81 Å². The summed E-state index contributed by atoms with van der Waals surface area (Å²) in [7, 11) is 0. The van der Waals surface area contributed by atoms with Gasteiger partial charge in [0.2, 0.25) is 0 Å². The first-order chi connectivity index (χ1) is 6.95. The summed E-state index contributed by atoms with van der Waals surface area (Å²) in [6, 6.07) is -1.60. The molecule has 0 fully saturated rings. The number of nitrogens with zero attached hydrogens (tertiary/aromatic N) is 2. The van der Waals surface area contributed by atoms with Crippen LogP contribution >= 0.6 is 0 Å². The Kier molecular flexibility index (Phi) is 6.09. The molecule has 0 saturated carbocycles. The molecule has 0 bridgehead atoms. The van der Waals surface area contributed by atoms with Crippen molar-refractivity contribution in [2.45, 2.75) is 37.4 Å². The summed E-state index contributed by atoms with van der Waals surface area (Å²) < 4.78 is 0. The minimum absolute atomic E-state index is 0.625. The minimum atomic E-state index is -1.75. The monoisotopic (exact) mass is 222 g/mol. The topological polar surface area (TPSA) is 140 Å². The Morgan fingerprint density at radius 2 is 1.60 bits per heavy atom. The average molecular weight is 222 g/mol. The minimum Gasteiger partial charge on any atom is -0.391 e. The second-order valence-corrected chi connectivity index (χ2v) is 3.20. The van der Waals surface area contributed by atoms with Gasteiger partial charge in [0.05, 0.1) is 6.10 Å². The zero-order valence-electron chi connectivity index (χ0n) is 8.09. The van der Waals surface area contributed by atoms with Crippen LogP contribution in [0.4, 0.5) is 0 Å². The predicted octanol–water partition coefficient (Wildman–Crippen LogP) is -1.65. The van der Waals surface area contributed by atoms with Crippen LogP contribution < -0.4 is 0 Å². The van der Waals surface area contributed by atoms with Crippen LogP contribution in [0.1, 0.15) is 6.92 Å². The molecule has 0 aliphatic rings. The lowest BCUT2D eigenvalue weighted by Crippen LogP contribution is -2.48. The second kappa shape index (κ2) is 6.51. The van der Waals surface area contributed by atoms with E-state index in [1.54, 1.807) is 0 Å². The third kappa shape index (κ3) is 3.96. The van der Waals surface area contributed by atoms with Crippen molar-refractivity contribution < 1.29 is 20.4 Å². The summed E-state index contributed by atoms with van der Waals surface area (Å²) in [5, 5.41) is 41.4. The van der Waals surface area contributed by atoms with Crippen LogP contribution in [0.3, 0.4) is 0 Å². The maximum Gasteiger partial charge on any atom is 0.148 e. The Morgan fingerprint density at radius 3 is 1.93 bits per heavy atom. The normalized spacial score (nSPS) is 21.1. The van der Waals surface area contributed by atoms with Gasteiger partial charge in [0.15, 0.2) is 0 Å². The Balaban J connectivity index is 4.51. The Bertz CT molecular complexity index is 212. The summed E-state index contributed by atoms with van der Waals surface area (Å²) in [6.45, 7) is 0.570. The van der Waals surface area contributed by atoms with Gasteiger partial charge in [0.1, 0.15) is 30.9 Å². The molecular formula is C7H14N2O6. The van der Waals surface area contributed by atoms with E-state index >= 15 is 0 Å². The van der Waals surface area contributed by atoms with Crippen molar-refractivity contribution in [3.8, 4) is 0 Å². The summed E-state index contributed by atoms with van der Waals surface area (Å²) in [4.78, 5) is 20.1. The van der Waals surface area contributed by atoms with Crippen LogP contribution in [0.5, 0.6) is 0 Å². The molecule has 0 aromatic rings. The molecule has 5 atom stereocenters. The van der Waals surface area contributed by atoms with Crippen LogP contribution in [0.15, 0.2) is 10.4 Å². The fourth-order valence-corrected chi connectivity index (χ4v) is 1.03. The molecule has 15 heavy (non-hydrogen) atoms. The summed E-state index contributed by atoms with van der Waals surface area (Å²) in [5.74, 6) is 0. The lowest BCUT2D eigenvalue weighted by molar-refractivity contribution is -0.0754. The van der Waals surface area contributed by atoms with Crippen LogP contribution in [-0.4, -0.2) is 57.4 Å². The number of rotatable bonds is 7. The van der Waals surface area contributed by atoms with E-state index < -0.39 is 37.0 Å². The zero-order valence-corrected chi connectivity index (χ0v) is 8.09. The van der Waals surface area contributed by atoms with Gasteiger partial charge in [-0.3, -0.25) is 0 Å². The van der Waals surface area contributed by atoms with Gasteiger partial charge in [-0.1, -0.05) is 10.4 Å². The Morgan fingerprint density at radius 1 is 1.07 bits per heavy atom. The standard InChI is InChI=1S/C7H14N2O6/c1-3(10)6(12)7(13)5(9-15)4(11)2-8-14/h3-7,10-13H,2H2,1H3. The van der Waals surface area contributed by atoms with Gasteiger partial charge in [0, 0.05) is 0 Å². The van der Waals surface area contributed by atoms with Gasteiger partial charge in [0.25, 0.3) is 0 Å². The van der Waals surface area contributed by atoms with Gasteiger partial charge in [-0.25, -0.2) is 0 Å². The highest BCUT2D eigenvalue weighted by Crippen LogP contribution is 2.12. The molecule has 0 aliphatic carbocycles. The van der Waals surface area contributed by atoms with E-state index in [0.29, 0.717) is 0 Å². The summed E-state index contributed by atoms with van der Waals surface area (Å²) in [6.07, 6.45) is -6.25. The quantitative estimate of drug-likeness (QED) is 0.380. The third-order valence-electron chi connectivity index (χ3n) is 1.97. The van der Waals surface area contributed by atoms with Crippen molar-refractivity contribution in [2.75, 3.05) is 6.54 Å². The Hall–Kier alpha value is -0.960. The highest BCUT2D eigenvalue weighted by molar-refractivity contribution is 4.89. The summed E-state index contributed by atoms with van der Waals surface area (Å²) >= 11 is 0. The first-order valence-electron chi connectivity index (χ1n) is 4.29. The van der Waals surface area contributed by atoms with E-state index in [4.69, 9.17) is 10.2 Å². The molecule has 0 radical (unpaired) electrons. The molecule has 0 aliphatic heterocycles. The first-order valence-corrected chi connectivity index (χ1v) is 4.29. The molecule has 0 amide bonds. The fourth-order valence-electron chi connectivity index (χ4n) is 1.03. The number of nitroso groups, excluding NO2 is 2. The lowest BCUT2D eigenvalue weighted by atomic mass is 9.98. The molecule has 0 rings (SSSR count). The molecule has 8 heteroatoms. The fraction of sp³-hybridized carbons (Fsp3) is 1.00. The molecule has 0 aromatic heterocycles. The molecule has 0 saturated heterocycles. The smallest absolute Gasteiger partial charge is 0.148 e. The van der Waals surface area contributed by atoms with E-state index in [2.05, 4.69) is 10.4 Å². The van der Waals surface area contributed by atoms with Crippen LogP contribution in [0.2, 0.25) is 0 Å². The molecular weight excluding hydrogens is 208 g/mol. The van der Waals surface area contributed by atoms with E-state index in [-0.39, 0.29) is 0 Å². The van der Waals surface area contributed by atoms with Gasteiger partial charge < -0.3 is 20.4 Å². The lowest BCUT2D eigenvalue weighted by Gasteiger charge is -2.25. The SMILES string of the molecule is CC(O)C(O)C(O)C(N=O)C(O)CN=O. The van der Waals surface area contributed by atoms with Crippen molar-refractivity contribution in [3.63, 3.8) is 0 Å². The first kappa shape index (κ1) is 14.0. The van der Waals surface area contributed by atoms with Crippen molar-refractivity contribution >= 4 is 0 Å². The average Bonchev–Trinajstić information content (AvgIpc) is 2.17. The molecule has 88 valence electrons. The van der Waals surface area contributed by atoms with E-state index in [1.807, 2.05) is 0 Å². The molecule has 5 unspecified atom stereocenters. The van der Waals surface area contributed by atoms with Crippen LogP contribution in [0, 0.1) is 9.81 Å². The van der Waals surface area contributed by atoms with Crippen LogP contribution in [0.25, 0.3) is 0 Å². The highest BCUT2D eigenvalue weighted by atomic mass is 16.4. The molecule has 0 heterocycles. The Labute approximate surface area is 85.5 Å². The number of aliphatic hydroxyl groups is 4. The molecule has 0 aromatic carbocycles. The maximum atomic E-state index is 10.3. The van der Waals surface area contributed by atoms with Gasteiger partial charge in [-0.05, 0) is 6.92 Å². The number of hydrogen-bond donors (Lipinski definition) is 4.